The first kappa shape index (κ1) is 30.0. The molecule has 0 fully saturated rings. The van der Waals surface area contributed by atoms with Gasteiger partial charge in [0.1, 0.15) is 22.8 Å². The maximum Gasteiger partial charge on any atom is 0.343 e. The topological polar surface area (TPSA) is 149 Å². The number of rotatable bonds is 9. The quantitative estimate of drug-likeness (QED) is 0.209. The lowest BCUT2D eigenvalue weighted by atomic mass is 10.2. The SMILES string of the molecule is CONC(=O)Nc1ccc(-n2nc3c(c2CN(C)C)c(=O)n(C2=CC=C(OC)NN2)c(=O)n3Cc2c(F)cccc2F)cc1. The lowest BCUT2D eigenvalue weighted by molar-refractivity contribution is 0.114. The van der Waals surface area contributed by atoms with Gasteiger partial charge >= 0.3 is 11.7 Å². The molecule has 0 bridgehead atoms. The van der Waals surface area contributed by atoms with E-state index in [4.69, 9.17) is 4.74 Å². The lowest BCUT2D eigenvalue weighted by Gasteiger charge is -2.20. The number of anilines is 1. The van der Waals surface area contributed by atoms with Crippen LogP contribution in [0.1, 0.15) is 11.3 Å². The normalized spacial score (nSPS) is 12.8. The van der Waals surface area contributed by atoms with E-state index in [0.29, 0.717) is 23.0 Å². The van der Waals surface area contributed by atoms with Gasteiger partial charge in [0.2, 0.25) is 5.88 Å². The number of ether oxygens (including phenoxy) is 1. The molecule has 0 saturated carbocycles. The summed E-state index contributed by atoms with van der Waals surface area (Å²) in [6.07, 6.45) is 2.97. The number of hydrogen-bond donors (Lipinski definition) is 4. The monoisotopic (exact) mass is 609 g/mol. The number of carbonyl (C=O) groups is 1. The first-order valence-corrected chi connectivity index (χ1v) is 13.2. The molecular formula is C28H29F2N9O5. The molecule has 0 spiro atoms. The summed E-state index contributed by atoms with van der Waals surface area (Å²) in [5.41, 5.74) is 6.94. The zero-order valence-corrected chi connectivity index (χ0v) is 24.1. The van der Waals surface area contributed by atoms with Gasteiger partial charge < -0.3 is 15.0 Å². The number of amides is 2. The molecule has 2 amide bonds. The minimum atomic E-state index is -0.885. The van der Waals surface area contributed by atoms with Crippen LogP contribution in [0.5, 0.6) is 0 Å². The molecule has 2 aromatic carbocycles. The van der Waals surface area contributed by atoms with Crippen molar-refractivity contribution in [1.82, 2.24) is 40.1 Å². The Hall–Kier alpha value is -5.48. The third-order valence-electron chi connectivity index (χ3n) is 6.63. The fraction of sp³-hybridized carbons (Fsp3) is 0.214. The summed E-state index contributed by atoms with van der Waals surface area (Å²) in [5.74, 6) is -1.34. The number of hydrogen-bond acceptors (Lipinski definition) is 9. The number of fused-ring (bicyclic) bond motifs is 1. The Bertz CT molecular complexity index is 1890. The molecule has 4 N–H and O–H groups in total. The molecule has 16 heteroatoms. The predicted molar refractivity (Wildman–Crippen MR) is 157 cm³/mol. The van der Waals surface area contributed by atoms with E-state index in [1.165, 1.54) is 37.1 Å². The summed E-state index contributed by atoms with van der Waals surface area (Å²) >= 11 is 0. The third kappa shape index (κ3) is 5.75. The van der Waals surface area contributed by atoms with Crippen LogP contribution in [-0.4, -0.2) is 58.2 Å². The second kappa shape index (κ2) is 12.4. The number of nitrogens with one attached hydrogen (secondary N) is 4. The van der Waals surface area contributed by atoms with Crippen molar-refractivity contribution >= 4 is 28.6 Å². The van der Waals surface area contributed by atoms with Gasteiger partial charge in [0, 0.05) is 23.9 Å². The highest BCUT2D eigenvalue weighted by molar-refractivity contribution is 5.88. The highest BCUT2D eigenvalue weighted by Crippen LogP contribution is 2.23. The molecule has 230 valence electrons. The number of hydrazine groups is 1. The summed E-state index contributed by atoms with van der Waals surface area (Å²) < 4.78 is 38.2. The van der Waals surface area contributed by atoms with Gasteiger partial charge in [-0.25, -0.2) is 33.1 Å². The predicted octanol–water partition coefficient (Wildman–Crippen LogP) is 1.81. The number of allylic oxidation sites excluding steroid dienone is 2. The molecule has 5 rings (SSSR count). The van der Waals surface area contributed by atoms with Crippen LogP contribution in [0, 0.1) is 11.6 Å². The maximum absolute atomic E-state index is 14.8. The summed E-state index contributed by atoms with van der Waals surface area (Å²) in [5, 5.41) is 7.28. The van der Waals surface area contributed by atoms with Crippen LogP contribution in [0.4, 0.5) is 19.3 Å². The van der Waals surface area contributed by atoms with Crippen LogP contribution in [-0.2, 0) is 22.7 Å². The van der Waals surface area contributed by atoms with Crippen molar-refractivity contribution in [3.63, 3.8) is 0 Å². The summed E-state index contributed by atoms with van der Waals surface area (Å²) in [4.78, 5) is 46.3. The van der Waals surface area contributed by atoms with Crippen molar-refractivity contribution in [3.05, 3.63) is 104 Å². The van der Waals surface area contributed by atoms with Crippen molar-refractivity contribution in [2.45, 2.75) is 13.1 Å². The van der Waals surface area contributed by atoms with Crippen molar-refractivity contribution < 1.29 is 23.1 Å². The van der Waals surface area contributed by atoms with Crippen molar-refractivity contribution in [2.24, 2.45) is 0 Å². The van der Waals surface area contributed by atoms with E-state index in [1.807, 2.05) is 0 Å². The van der Waals surface area contributed by atoms with Gasteiger partial charge in [0.25, 0.3) is 5.56 Å². The van der Waals surface area contributed by atoms with E-state index in [-0.39, 0.29) is 29.0 Å². The van der Waals surface area contributed by atoms with Crippen molar-refractivity contribution in [2.75, 3.05) is 33.6 Å². The molecule has 4 aromatic rings. The van der Waals surface area contributed by atoms with Crippen LogP contribution in [0.15, 0.2) is 70.1 Å². The number of urea groups is 1. The first-order valence-electron chi connectivity index (χ1n) is 13.2. The van der Waals surface area contributed by atoms with E-state index in [0.717, 1.165) is 21.3 Å². The molecule has 0 aliphatic carbocycles. The minimum absolute atomic E-state index is 0.0544. The lowest BCUT2D eigenvalue weighted by Crippen LogP contribution is -2.46. The zero-order chi connectivity index (χ0) is 31.5. The molecule has 14 nitrogen and oxygen atoms in total. The zero-order valence-electron chi connectivity index (χ0n) is 24.1. The molecule has 1 aliphatic heterocycles. The highest BCUT2D eigenvalue weighted by atomic mass is 19.1. The van der Waals surface area contributed by atoms with Gasteiger partial charge in [-0.15, -0.1) is 5.10 Å². The van der Waals surface area contributed by atoms with Crippen LogP contribution >= 0.6 is 0 Å². The largest absolute Gasteiger partial charge is 0.481 e. The number of benzene rings is 2. The molecule has 44 heavy (non-hydrogen) atoms. The van der Waals surface area contributed by atoms with Crippen molar-refractivity contribution in [1.29, 1.82) is 0 Å². The highest BCUT2D eigenvalue weighted by Gasteiger charge is 2.26. The van der Waals surface area contributed by atoms with Gasteiger partial charge in [-0.3, -0.25) is 25.1 Å². The number of hydroxylamine groups is 1. The van der Waals surface area contributed by atoms with Gasteiger partial charge in [0.05, 0.1) is 32.1 Å². The maximum atomic E-state index is 14.8. The molecule has 1 aliphatic rings. The smallest absolute Gasteiger partial charge is 0.343 e. The molecule has 0 atom stereocenters. The Morgan fingerprint density at radius 3 is 2.32 bits per heavy atom. The Labute approximate surface area is 248 Å². The van der Waals surface area contributed by atoms with Crippen LogP contribution in [0.2, 0.25) is 0 Å². The molecule has 3 heterocycles. The fourth-order valence-corrected chi connectivity index (χ4v) is 4.66. The van der Waals surface area contributed by atoms with E-state index in [9.17, 15) is 23.2 Å². The molecule has 0 unspecified atom stereocenters. The number of carbonyl (C=O) groups excluding carboxylic acids is 1. The van der Waals surface area contributed by atoms with Gasteiger partial charge in [-0.05, 0) is 56.6 Å². The van der Waals surface area contributed by atoms with E-state index >= 15 is 0 Å². The second-order valence-corrected chi connectivity index (χ2v) is 9.85. The van der Waals surface area contributed by atoms with E-state index in [1.54, 1.807) is 43.3 Å². The number of aromatic nitrogens is 4. The standard InChI is InChI=1S/C28H29F2N9O5/c1-36(2)15-21-24-25(34-39(21)17-10-8-16(9-11-17)31-27(41)35-44-4)37(14-18-19(29)6-5-7-20(18)30)28(42)38(26(24)40)22-12-13-23(43-3)33-32-22/h5-13,32-33H,14-15H2,1-4H3,(H2,31,35,41). The summed E-state index contributed by atoms with van der Waals surface area (Å²) in [6, 6.07) is 9.32. The molecule has 0 radical (unpaired) electrons. The first-order chi connectivity index (χ1) is 21.1. The van der Waals surface area contributed by atoms with E-state index in [2.05, 4.69) is 31.6 Å². The van der Waals surface area contributed by atoms with Gasteiger partial charge in [-0.2, -0.15) is 0 Å². The third-order valence-corrected chi connectivity index (χ3v) is 6.63. The van der Waals surface area contributed by atoms with Crippen molar-refractivity contribution in [3.8, 4) is 5.69 Å². The molecular weight excluding hydrogens is 580 g/mol. The average Bonchev–Trinajstić information content (AvgIpc) is 3.36. The van der Waals surface area contributed by atoms with Crippen LogP contribution in [0.3, 0.4) is 0 Å². The minimum Gasteiger partial charge on any atom is -0.481 e. The van der Waals surface area contributed by atoms with Crippen LogP contribution in [0.25, 0.3) is 22.5 Å². The molecule has 2 aromatic heterocycles. The number of halogens is 2. The summed E-state index contributed by atoms with van der Waals surface area (Å²) in [6.45, 7) is -0.351. The van der Waals surface area contributed by atoms with Gasteiger partial charge in [-0.1, -0.05) is 6.07 Å². The average molecular weight is 610 g/mol. The van der Waals surface area contributed by atoms with Gasteiger partial charge in [0.15, 0.2) is 5.65 Å². The second-order valence-electron chi connectivity index (χ2n) is 9.85. The Balaban J connectivity index is 1.77. The number of methoxy groups -OCH3 is 1. The summed E-state index contributed by atoms with van der Waals surface area (Å²) in [7, 11) is 6.32. The Morgan fingerprint density at radius 2 is 1.73 bits per heavy atom. The van der Waals surface area contributed by atoms with Crippen LogP contribution < -0.4 is 32.9 Å². The fourth-order valence-electron chi connectivity index (χ4n) is 4.66. The van der Waals surface area contributed by atoms with E-state index < -0.39 is 35.5 Å². The molecule has 0 saturated heterocycles. The number of nitrogens with zero attached hydrogens (tertiary/aromatic N) is 5. The Morgan fingerprint density at radius 1 is 1.02 bits per heavy atom. The Kier molecular flexibility index (Phi) is 8.45.